The third kappa shape index (κ3) is 5.97. The van der Waals surface area contributed by atoms with Crippen molar-refractivity contribution in [3.8, 4) is 11.5 Å². The van der Waals surface area contributed by atoms with Crippen LogP contribution in [0.25, 0.3) is 0 Å². The van der Waals surface area contributed by atoms with E-state index in [1.54, 1.807) is 73.7 Å². The molecule has 0 saturated carbocycles. The molecule has 0 aliphatic heterocycles. The molecule has 0 spiro atoms. The molecule has 0 saturated heterocycles. The largest absolute Gasteiger partial charge is 0.495 e. The van der Waals surface area contributed by atoms with E-state index in [2.05, 4.69) is 5.32 Å². The molecule has 7 nitrogen and oxygen atoms in total. The second kappa shape index (κ2) is 10.6. The van der Waals surface area contributed by atoms with Crippen molar-refractivity contribution < 1.29 is 22.7 Å². The Morgan fingerprint density at radius 1 is 1.03 bits per heavy atom. The van der Waals surface area contributed by atoms with Crippen molar-refractivity contribution >= 4 is 38.9 Å². The van der Waals surface area contributed by atoms with Crippen LogP contribution in [0.5, 0.6) is 11.5 Å². The molecule has 0 aliphatic carbocycles. The number of amides is 1. The predicted molar refractivity (Wildman–Crippen MR) is 130 cm³/mol. The smallest absolute Gasteiger partial charge is 0.264 e. The summed E-state index contributed by atoms with van der Waals surface area (Å²) in [6.45, 7) is 3.72. The van der Waals surface area contributed by atoms with Gasteiger partial charge in [-0.05, 0) is 68.4 Å². The molecule has 3 aromatic carbocycles. The summed E-state index contributed by atoms with van der Waals surface area (Å²) in [5, 5.41) is 3.08. The molecule has 0 bridgehead atoms. The van der Waals surface area contributed by atoms with E-state index in [0.29, 0.717) is 27.9 Å². The van der Waals surface area contributed by atoms with E-state index in [9.17, 15) is 13.2 Å². The Morgan fingerprint density at radius 3 is 2.27 bits per heavy atom. The van der Waals surface area contributed by atoms with E-state index < -0.39 is 10.0 Å². The Bertz CT molecular complexity index is 1210. The van der Waals surface area contributed by atoms with Gasteiger partial charge in [-0.1, -0.05) is 29.3 Å². The number of halogens is 1. The number of methoxy groups -OCH3 is 1. The third-order valence-corrected chi connectivity index (χ3v) is 7.04. The SMILES string of the molecule is CCN(c1ccc(OCC(=O)Nc2ccc(OC)c(Cl)c2)cc1)S(=O)(=O)c1ccc(C)cc1. The first-order chi connectivity index (χ1) is 15.7. The van der Waals surface area contributed by atoms with Crippen molar-refractivity contribution in [1.82, 2.24) is 0 Å². The van der Waals surface area contributed by atoms with Crippen LogP contribution in [-0.4, -0.2) is 34.6 Å². The lowest BCUT2D eigenvalue weighted by molar-refractivity contribution is -0.118. The second-order valence-corrected chi connectivity index (χ2v) is 9.43. The topological polar surface area (TPSA) is 84.9 Å². The molecule has 3 aromatic rings. The Balaban J connectivity index is 1.63. The van der Waals surface area contributed by atoms with Gasteiger partial charge in [0, 0.05) is 12.2 Å². The fraction of sp³-hybridized carbons (Fsp3) is 0.208. The number of sulfonamides is 1. The zero-order chi connectivity index (χ0) is 24.0. The molecule has 0 fully saturated rings. The number of carbonyl (C=O) groups is 1. The number of nitrogens with zero attached hydrogens (tertiary/aromatic N) is 1. The first kappa shape index (κ1) is 24.4. The van der Waals surface area contributed by atoms with Crippen LogP contribution < -0.4 is 19.1 Å². The highest BCUT2D eigenvalue weighted by atomic mass is 35.5. The van der Waals surface area contributed by atoms with Gasteiger partial charge in [0.2, 0.25) is 0 Å². The van der Waals surface area contributed by atoms with Crippen molar-refractivity contribution in [2.45, 2.75) is 18.7 Å². The van der Waals surface area contributed by atoms with Crippen LogP contribution in [0, 0.1) is 6.92 Å². The number of ether oxygens (including phenoxy) is 2. The molecule has 174 valence electrons. The molecule has 0 heterocycles. The van der Waals surface area contributed by atoms with E-state index >= 15 is 0 Å². The minimum atomic E-state index is -3.69. The highest BCUT2D eigenvalue weighted by molar-refractivity contribution is 7.92. The number of aryl methyl sites for hydroxylation is 1. The van der Waals surface area contributed by atoms with Gasteiger partial charge in [-0.15, -0.1) is 0 Å². The lowest BCUT2D eigenvalue weighted by Crippen LogP contribution is -2.30. The van der Waals surface area contributed by atoms with Gasteiger partial charge in [-0.3, -0.25) is 9.10 Å². The van der Waals surface area contributed by atoms with Crippen molar-refractivity contribution in [2.75, 3.05) is 29.9 Å². The number of hydrogen-bond acceptors (Lipinski definition) is 5. The molecule has 1 N–H and O–H groups in total. The molecule has 0 aromatic heterocycles. The Kier molecular flexibility index (Phi) is 7.84. The molecule has 0 atom stereocenters. The van der Waals surface area contributed by atoms with Crippen LogP contribution in [0.3, 0.4) is 0 Å². The maximum absolute atomic E-state index is 13.0. The minimum Gasteiger partial charge on any atom is -0.495 e. The fourth-order valence-electron chi connectivity index (χ4n) is 3.13. The van der Waals surface area contributed by atoms with Gasteiger partial charge in [-0.2, -0.15) is 0 Å². The van der Waals surface area contributed by atoms with Crippen LogP contribution in [0.15, 0.2) is 71.6 Å². The minimum absolute atomic E-state index is 0.220. The summed E-state index contributed by atoms with van der Waals surface area (Å²) in [5.74, 6) is 0.583. The average Bonchev–Trinajstić information content (AvgIpc) is 2.79. The summed E-state index contributed by atoms with van der Waals surface area (Å²) >= 11 is 6.06. The lowest BCUT2D eigenvalue weighted by atomic mass is 10.2. The molecular weight excluding hydrogens is 464 g/mol. The first-order valence-electron chi connectivity index (χ1n) is 10.2. The van der Waals surface area contributed by atoms with Crippen molar-refractivity contribution in [1.29, 1.82) is 0 Å². The number of carbonyl (C=O) groups excluding carboxylic acids is 1. The van der Waals surface area contributed by atoms with Crippen LogP contribution in [0.1, 0.15) is 12.5 Å². The van der Waals surface area contributed by atoms with Crippen molar-refractivity contribution in [3.05, 3.63) is 77.3 Å². The normalized spacial score (nSPS) is 11.0. The number of benzene rings is 3. The maximum Gasteiger partial charge on any atom is 0.264 e. The highest BCUT2D eigenvalue weighted by Gasteiger charge is 2.23. The molecule has 0 radical (unpaired) electrons. The van der Waals surface area contributed by atoms with Gasteiger partial charge in [-0.25, -0.2) is 8.42 Å². The zero-order valence-corrected chi connectivity index (χ0v) is 20.1. The maximum atomic E-state index is 13.0. The van der Waals surface area contributed by atoms with Gasteiger partial charge in [0.25, 0.3) is 15.9 Å². The van der Waals surface area contributed by atoms with Gasteiger partial charge >= 0.3 is 0 Å². The van der Waals surface area contributed by atoms with Crippen LogP contribution >= 0.6 is 11.6 Å². The van der Waals surface area contributed by atoms with E-state index in [0.717, 1.165) is 5.56 Å². The third-order valence-electron chi connectivity index (χ3n) is 4.83. The second-order valence-electron chi connectivity index (χ2n) is 7.16. The zero-order valence-electron chi connectivity index (χ0n) is 18.5. The average molecular weight is 489 g/mol. The van der Waals surface area contributed by atoms with E-state index in [1.165, 1.54) is 11.4 Å². The summed E-state index contributed by atoms with van der Waals surface area (Å²) in [6, 6.07) is 18.2. The standard InChI is InChI=1S/C24H25ClN2O5S/c1-4-27(33(29,30)21-12-5-17(2)6-13-21)19-8-10-20(11-9-19)32-16-24(28)26-18-7-14-23(31-3)22(25)15-18/h5-15H,4,16H2,1-3H3,(H,26,28). The van der Waals surface area contributed by atoms with E-state index in [4.69, 9.17) is 21.1 Å². The molecule has 9 heteroatoms. The first-order valence-corrected chi connectivity index (χ1v) is 12.0. The lowest BCUT2D eigenvalue weighted by Gasteiger charge is -2.23. The summed E-state index contributed by atoms with van der Waals surface area (Å²) < 4.78 is 38.0. The molecule has 0 aliphatic rings. The van der Waals surface area contributed by atoms with Gasteiger partial charge < -0.3 is 14.8 Å². The molecular formula is C24H25ClN2O5S. The van der Waals surface area contributed by atoms with Gasteiger partial charge in [0.1, 0.15) is 11.5 Å². The van der Waals surface area contributed by atoms with Crippen LogP contribution in [0.2, 0.25) is 5.02 Å². The number of rotatable bonds is 9. The van der Waals surface area contributed by atoms with Gasteiger partial charge in [0.05, 0.1) is 22.7 Å². The summed E-state index contributed by atoms with van der Waals surface area (Å²) in [6.07, 6.45) is 0. The summed E-state index contributed by atoms with van der Waals surface area (Å²) in [5.41, 5.74) is 2.00. The molecule has 0 unspecified atom stereocenters. The van der Waals surface area contributed by atoms with Crippen LogP contribution in [0.4, 0.5) is 11.4 Å². The predicted octanol–water partition coefficient (Wildman–Crippen LogP) is 4.89. The van der Waals surface area contributed by atoms with E-state index in [1.807, 2.05) is 6.92 Å². The van der Waals surface area contributed by atoms with Crippen molar-refractivity contribution in [2.24, 2.45) is 0 Å². The highest BCUT2D eigenvalue weighted by Crippen LogP contribution is 2.28. The Morgan fingerprint density at radius 2 is 1.70 bits per heavy atom. The van der Waals surface area contributed by atoms with E-state index in [-0.39, 0.29) is 24.0 Å². The Hall–Kier alpha value is -3.23. The Labute approximate surface area is 198 Å². The number of nitrogens with one attached hydrogen (secondary N) is 1. The molecule has 1 amide bonds. The summed E-state index contributed by atoms with van der Waals surface area (Å²) in [4.78, 5) is 12.4. The van der Waals surface area contributed by atoms with Crippen molar-refractivity contribution in [3.63, 3.8) is 0 Å². The number of anilines is 2. The summed E-state index contributed by atoms with van der Waals surface area (Å²) in [7, 11) is -2.18. The fourth-order valence-corrected chi connectivity index (χ4v) is 4.86. The number of hydrogen-bond donors (Lipinski definition) is 1. The quantitative estimate of drug-likeness (QED) is 0.463. The monoisotopic (exact) mass is 488 g/mol. The molecule has 3 rings (SSSR count). The molecule has 33 heavy (non-hydrogen) atoms. The van der Waals surface area contributed by atoms with Crippen LogP contribution in [-0.2, 0) is 14.8 Å². The van der Waals surface area contributed by atoms with Gasteiger partial charge in [0.15, 0.2) is 6.61 Å².